The summed E-state index contributed by atoms with van der Waals surface area (Å²) >= 11 is 0. The van der Waals surface area contributed by atoms with Crippen molar-refractivity contribution >= 4 is 5.91 Å². The molecular weight excluding hydrogens is 278 g/mol. The van der Waals surface area contributed by atoms with Gasteiger partial charge in [0.2, 0.25) is 0 Å². The van der Waals surface area contributed by atoms with Crippen LogP contribution in [0.25, 0.3) is 0 Å². The number of hydrogen-bond acceptors (Lipinski definition) is 3. The van der Waals surface area contributed by atoms with Gasteiger partial charge in [0.05, 0.1) is 6.04 Å². The largest absolute Gasteiger partial charge is 0.483 e. The molecule has 1 amide bonds. The molecule has 1 aromatic carbocycles. The van der Waals surface area contributed by atoms with E-state index >= 15 is 0 Å². The van der Waals surface area contributed by atoms with Crippen LogP contribution in [0.15, 0.2) is 30.6 Å². The Morgan fingerprint density at radius 3 is 2.77 bits per heavy atom. The van der Waals surface area contributed by atoms with Gasteiger partial charge in [-0.15, -0.1) is 0 Å². The summed E-state index contributed by atoms with van der Waals surface area (Å²) in [7, 11) is 0. The predicted molar refractivity (Wildman–Crippen MR) is 85.9 cm³/mol. The monoisotopic (exact) mass is 301 g/mol. The third-order valence-electron chi connectivity index (χ3n) is 3.54. The van der Waals surface area contributed by atoms with Crippen molar-refractivity contribution in [2.45, 2.75) is 39.7 Å². The second-order valence-corrected chi connectivity index (χ2v) is 5.73. The number of carbonyl (C=O) groups is 1. The number of nitrogens with one attached hydrogen (secondary N) is 2. The number of benzene rings is 1. The quantitative estimate of drug-likeness (QED) is 0.861. The fourth-order valence-electron chi connectivity index (χ4n) is 2.14. The Labute approximate surface area is 131 Å². The fraction of sp³-hybridized carbons (Fsp3) is 0.412. The Kier molecular flexibility index (Phi) is 5.20. The molecule has 1 atom stereocenters. The average Bonchev–Trinajstić information content (AvgIpc) is 3.00. The molecule has 0 aliphatic heterocycles. The van der Waals surface area contributed by atoms with E-state index in [4.69, 9.17) is 4.74 Å². The maximum absolute atomic E-state index is 12.0. The van der Waals surface area contributed by atoms with Crippen LogP contribution in [0.5, 0.6) is 5.75 Å². The lowest BCUT2D eigenvalue weighted by Gasteiger charge is -2.14. The predicted octanol–water partition coefficient (Wildman–Crippen LogP) is 3.10. The number of imidazole rings is 1. The van der Waals surface area contributed by atoms with Crippen molar-refractivity contribution < 1.29 is 9.53 Å². The second-order valence-electron chi connectivity index (χ2n) is 5.73. The van der Waals surface area contributed by atoms with Gasteiger partial charge in [0.1, 0.15) is 11.6 Å². The van der Waals surface area contributed by atoms with Crippen molar-refractivity contribution in [1.82, 2.24) is 15.3 Å². The Morgan fingerprint density at radius 2 is 2.14 bits per heavy atom. The minimum atomic E-state index is -0.172. The van der Waals surface area contributed by atoms with Gasteiger partial charge in [-0.1, -0.05) is 26.0 Å². The van der Waals surface area contributed by atoms with Gasteiger partial charge in [0, 0.05) is 12.4 Å². The molecule has 1 aromatic heterocycles. The highest BCUT2D eigenvalue weighted by atomic mass is 16.5. The zero-order valence-electron chi connectivity index (χ0n) is 13.5. The van der Waals surface area contributed by atoms with Crippen LogP contribution in [0.3, 0.4) is 0 Å². The molecule has 0 radical (unpaired) electrons. The van der Waals surface area contributed by atoms with Crippen LogP contribution in [0.1, 0.15) is 49.7 Å². The number of nitrogens with zero attached hydrogens (tertiary/aromatic N) is 1. The first-order chi connectivity index (χ1) is 10.5. The van der Waals surface area contributed by atoms with Gasteiger partial charge < -0.3 is 15.0 Å². The highest BCUT2D eigenvalue weighted by Gasteiger charge is 2.12. The summed E-state index contributed by atoms with van der Waals surface area (Å²) in [4.78, 5) is 19.1. The zero-order chi connectivity index (χ0) is 16.1. The molecule has 0 spiro atoms. The lowest BCUT2D eigenvalue weighted by Crippen LogP contribution is -2.31. The molecule has 0 unspecified atom stereocenters. The summed E-state index contributed by atoms with van der Waals surface area (Å²) in [6.45, 7) is 8.11. The fourth-order valence-corrected chi connectivity index (χ4v) is 2.14. The van der Waals surface area contributed by atoms with E-state index in [1.165, 1.54) is 5.56 Å². The number of rotatable bonds is 6. The molecule has 0 bridgehead atoms. The van der Waals surface area contributed by atoms with Crippen molar-refractivity contribution in [3.8, 4) is 5.75 Å². The molecule has 0 fully saturated rings. The molecule has 0 aliphatic rings. The van der Waals surface area contributed by atoms with Gasteiger partial charge in [-0.25, -0.2) is 4.98 Å². The third kappa shape index (κ3) is 4.10. The first-order valence-corrected chi connectivity index (χ1v) is 7.49. The summed E-state index contributed by atoms with van der Waals surface area (Å²) in [5.74, 6) is 1.74. The number of amides is 1. The minimum absolute atomic E-state index is 0.00651. The smallest absolute Gasteiger partial charge is 0.258 e. The number of aryl methyl sites for hydroxylation is 1. The Morgan fingerprint density at radius 1 is 1.36 bits per heavy atom. The number of ether oxygens (including phenoxy) is 1. The molecule has 0 saturated carbocycles. The van der Waals surface area contributed by atoms with Gasteiger partial charge in [0.15, 0.2) is 6.61 Å². The van der Waals surface area contributed by atoms with Crippen molar-refractivity contribution in [1.29, 1.82) is 0 Å². The van der Waals surface area contributed by atoms with Crippen molar-refractivity contribution in [3.05, 3.63) is 47.5 Å². The van der Waals surface area contributed by atoms with Crippen LogP contribution in [-0.4, -0.2) is 22.5 Å². The van der Waals surface area contributed by atoms with Crippen LogP contribution < -0.4 is 10.1 Å². The number of aromatic amines is 1. The molecule has 0 aliphatic carbocycles. The molecule has 2 N–H and O–H groups in total. The SMILES string of the molecule is Cc1ccc(C(C)C)cc1OCC(=O)N[C@H](C)c1ncc[nH]1. The Balaban J connectivity index is 1.92. The van der Waals surface area contributed by atoms with E-state index in [9.17, 15) is 4.79 Å². The zero-order valence-corrected chi connectivity index (χ0v) is 13.5. The van der Waals surface area contributed by atoms with Crippen molar-refractivity contribution in [2.24, 2.45) is 0 Å². The Bertz CT molecular complexity index is 621. The topological polar surface area (TPSA) is 67.0 Å². The maximum Gasteiger partial charge on any atom is 0.258 e. The highest BCUT2D eigenvalue weighted by molar-refractivity contribution is 5.77. The lowest BCUT2D eigenvalue weighted by molar-refractivity contribution is -0.123. The molecule has 2 rings (SSSR count). The van der Waals surface area contributed by atoms with Crippen LogP contribution in [-0.2, 0) is 4.79 Å². The normalized spacial score (nSPS) is 12.2. The number of carbonyl (C=O) groups excluding carboxylic acids is 1. The summed E-state index contributed by atoms with van der Waals surface area (Å²) in [6.07, 6.45) is 3.39. The van der Waals surface area contributed by atoms with Crippen molar-refractivity contribution in [2.75, 3.05) is 6.61 Å². The average molecular weight is 301 g/mol. The van der Waals surface area contributed by atoms with Gasteiger partial charge in [-0.2, -0.15) is 0 Å². The standard InChI is InChI=1S/C17H23N3O2/c1-11(2)14-6-5-12(3)15(9-14)22-10-16(21)20-13(4)17-18-7-8-19-17/h5-9,11,13H,10H2,1-4H3,(H,18,19)(H,20,21)/t13-/m1/s1. The van der Waals surface area contributed by atoms with Gasteiger partial charge >= 0.3 is 0 Å². The molecule has 118 valence electrons. The molecule has 5 heteroatoms. The third-order valence-corrected chi connectivity index (χ3v) is 3.54. The molecular formula is C17H23N3O2. The summed E-state index contributed by atoms with van der Waals surface area (Å²) in [5, 5.41) is 2.85. The van der Waals surface area contributed by atoms with E-state index in [0.29, 0.717) is 5.92 Å². The van der Waals surface area contributed by atoms with Crippen molar-refractivity contribution in [3.63, 3.8) is 0 Å². The van der Waals surface area contributed by atoms with E-state index in [1.54, 1.807) is 12.4 Å². The van der Waals surface area contributed by atoms with Gasteiger partial charge in [0.25, 0.3) is 5.91 Å². The summed E-state index contributed by atoms with van der Waals surface area (Å²) in [6, 6.07) is 5.94. The molecule has 0 saturated heterocycles. The van der Waals surface area contributed by atoms with Gasteiger partial charge in [-0.3, -0.25) is 4.79 Å². The highest BCUT2D eigenvalue weighted by Crippen LogP contribution is 2.24. The van der Waals surface area contributed by atoms with Crippen LogP contribution in [0.2, 0.25) is 0 Å². The molecule has 22 heavy (non-hydrogen) atoms. The lowest BCUT2D eigenvalue weighted by atomic mass is 10.0. The maximum atomic E-state index is 12.0. The first-order valence-electron chi connectivity index (χ1n) is 7.49. The van der Waals surface area contributed by atoms with E-state index in [1.807, 2.05) is 26.0 Å². The second kappa shape index (κ2) is 7.11. The minimum Gasteiger partial charge on any atom is -0.483 e. The number of H-pyrrole nitrogens is 1. The number of hydrogen-bond donors (Lipinski definition) is 2. The van der Waals surface area contributed by atoms with Crippen LogP contribution >= 0.6 is 0 Å². The van der Waals surface area contributed by atoms with E-state index in [0.717, 1.165) is 17.1 Å². The van der Waals surface area contributed by atoms with Crippen LogP contribution in [0, 0.1) is 6.92 Å². The van der Waals surface area contributed by atoms with E-state index < -0.39 is 0 Å². The van der Waals surface area contributed by atoms with Gasteiger partial charge in [-0.05, 0) is 37.0 Å². The molecule has 1 heterocycles. The molecule has 2 aromatic rings. The van der Waals surface area contributed by atoms with Crippen LogP contribution in [0.4, 0.5) is 0 Å². The molecule has 5 nitrogen and oxygen atoms in total. The van der Waals surface area contributed by atoms with E-state index in [2.05, 4.69) is 35.2 Å². The first kappa shape index (κ1) is 16.1. The Hall–Kier alpha value is -2.30. The summed E-state index contributed by atoms with van der Waals surface area (Å²) in [5.41, 5.74) is 2.22. The van der Waals surface area contributed by atoms with E-state index in [-0.39, 0.29) is 18.6 Å². The summed E-state index contributed by atoms with van der Waals surface area (Å²) < 4.78 is 5.66. The number of aromatic nitrogens is 2.